The van der Waals surface area contributed by atoms with Crippen molar-refractivity contribution in [1.82, 2.24) is 36.8 Å². The molecular weight excluding hydrogens is 522 g/mol. The fraction of sp³-hybridized carbons (Fsp3) is 0.828. The van der Waals surface area contributed by atoms with E-state index in [1.54, 1.807) is 19.0 Å². The number of amides is 5. The number of nitrogens with one attached hydrogen (secondary N) is 6. The highest BCUT2D eigenvalue weighted by molar-refractivity contribution is 5.86. The Bertz CT molecular complexity index is 931. The summed E-state index contributed by atoms with van der Waals surface area (Å²) in [5.41, 5.74) is 0. The number of rotatable bonds is 7. The predicted molar refractivity (Wildman–Crippen MR) is 159 cm³/mol. The van der Waals surface area contributed by atoms with Crippen LogP contribution < -0.4 is 31.9 Å². The lowest BCUT2D eigenvalue weighted by Gasteiger charge is -2.37. The Hall–Kier alpha value is -3.05. The Labute approximate surface area is 243 Å². The fourth-order valence-corrected chi connectivity index (χ4v) is 7.35. The van der Waals surface area contributed by atoms with E-state index < -0.39 is 0 Å². The summed E-state index contributed by atoms with van der Waals surface area (Å²) >= 11 is 0. The van der Waals surface area contributed by atoms with Crippen molar-refractivity contribution < 1.29 is 14.4 Å². The highest BCUT2D eigenvalue weighted by Crippen LogP contribution is 2.29. The maximum Gasteiger partial charge on any atom is 0.315 e. The zero-order valence-corrected chi connectivity index (χ0v) is 24.7. The molecule has 0 aromatic carbocycles. The second-order valence-electron chi connectivity index (χ2n) is 12.8. The molecule has 12 heteroatoms. The van der Waals surface area contributed by atoms with Crippen LogP contribution in [0.5, 0.6) is 0 Å². The maximum atomic E-state index is 13.0. The van der Waals surface area contributed by atoms with Gasteiger partial charge in [-0.25, -0.2) is 9.59 Å². The third kappa shape index (κ3) is 8.03. The fourth-order valence-electron chi connectivity index (χ4n) is 7.35. The number of amidine groups is 2. The number of carbonyl (C=O) groups excluding carboxylic acids is 3. The van der Waals surface area contributed by atoms with E-state index in [2.05, 4.69) is 41.9 Å². The zero-order chi connectivity index (χ0) is 28.8. The molecule has 3 fully saturated rings. The van der Waals surface area contributed by atoms with Crippen LogP contribution in [0, 0.1) is 17.8 Å². The summed E-state index contributed by atoms with van der Waals surface area (Å²) < 4.78 is 0. The minimum atomic E-state index is -0.250. The first-order valence-corrected chi connectivity index (χ1v) is 15.8. The van der Waals surface area contributed by atoms with E-state index in [1.807, 2.05) is 0 Å². The Morgan fingerprint density at radius 2 is 1.05 bits per heavy atom. The van der Waals surface area contributed by atoms with Gasteiger partial charge in [0.05, 0.1) is 24.8 Å². The topological polar surface area (TPSA) is 151 Å². The molecule has 228 valence electrons. The quantitative estimate of drug-likeness (QED) is 0.272. The lowest BCUT2D eigenvalue weighted by atomic mass is 9.81. The average molecular weight is 572 g/mol. The smallest absolute Gasteiger partial charge is 0.315 e. The van der Waals surface area contributed by atoms with Gasteiger partial charge in [-0.05, 0) is 70.6 Å². The van der Waals surface area contributed by atoms with Crippen molar-refractivity contribution in [3.05, 3.63) is 0 Å². The van der Waals surface area contributed by atoms with Gasteiger partial charge in [-0.2, -0.15) is 0 Å². The van der Waals surface area contributed by atoms with Crippen molar-refractivity contribution >= 4 is 29.6 Å². The summed E-state index contributed by atoms with van der Waals surface area (Å²) in [6.45, 7) is 3.59. The van der Waals surface area contributed by atoms with E-state index in [4.69, 9.17) is 0 Å². The first-order chi connectivity index (χ1) is 19.8. The van der Waals surface area contributed by atoms with Gasteiger partial charge in [0.2, 0.25) is 5.91 Å². The molecule has 41 heavy (non-hydrogen) atoms. The number of hydrogen-bond acceptors (Lipinski definition) is 7. The molecule has 0 bridgehead atoms. The van der Waals surface area contributed by atoms with Gasteiger partial charge in [-0.3, -0.25) is 14.8 Å². The molecule has 5 amide bonds. The van der Waals surface area contributed by atoms with Crippen LogP contribution in [0.3, 0.4) is 0 Å². The predicted octanol–water partition coefficient (Wildman–Crippen LogP) is 1.33. The summed E-state index contributed by atoms with van der Waals surface area (Å²) in [6.07, 6.45) is 9.57. The van der Waals surface area contributed by atoms with Crippen LogP contribution in [0.25, 0.3) is 0 Å². The number of hydrogen-bond donors (Lipinski definition) is 6. The Morgan fingerprint density at radius 1 is 0.634 bits per heavy atom. The zero-order valence-electron chi connectivity index (χ0n) is 24.7. The summed E-state index contributed by atoms with van der Waals surface area (Å²) in [7, 11) is 3.51. The molecule has 2 atom stereocenters. The number of nitrogens with zero attached hydrogens (tertiary/aromatic N) is 3. The van der Waals surface area contributed by atoms with Crippen LogP contribution in [0.15, 0.2) is 9.98 Å². The molecular formula is C29H49N9O3. The molecule has 3 saturated carbocycles. The number of aliphatic imine (C=N–C) groups is 2. The van der Waals surface area contributed by atoms with Crippen LogP contribution in [0.4, 0.5) is 9.59 Å². The van der Waals surface area contributed by atoms with Crippen molar-refractivity contribution in [2.45, 2.75) is 94.8 Å². The van der Waals surface area contributed by atoms with Crippen molar-refractivity contribution in [3.63, 3.8) is 0 Å². The molecule has 0 spiro atoms. The lowest BCUT2D eigenvalue weighted by molar-refractivity contribution is -0.134. The van der Waals surface area contributed by atoms with Crippen molar-refractivity contribution in [1.29, 1.82) is 0 Å². The number of urea groups is 2. The van der Waals surface area contributed by atoms with Crippen LogP contribution >= 0.6 is 0 Å². The van der Waals surface area contributed by atoms with Crippen LogP contribution in [-0.2, 0) is 4.79 Å². The molecule has 5 rings (SSSR count). The molecule has 2 aliphatic heterocycles. The van der Waals surface area contributed by atoms with Crippen molar-refractivity contribution in [3.8, 4) is 0 Å². The summed E-state index contributed by atoms with van der Waals surface area (Å²) in [6, 6.07) is -0.467. The third-order valence-electron chi connectivity index (χ3n) is 9.47. The Morgan fingerprint density at radius 3 is 1.41 bits per heavy atom. The summed E-state index contributed by atoms with van der Waals surface area (Å²) in [4.78, 5) is 49.6. The second kappa shape index (κ2) is 13.7. The molecule has 2 unspecified atom stereocenters. The van der Waals surface area contributed by atoms with E-state index in [0.717, 1.165) is 89.2 Å². The lowest BCUT2D eigenvalue weighted by Crippen LogP contribution is -2.55. The molecule has 0 saturated heterocycles. The Kier molecular flexibility index (Phi) is 9.87. The third-order valence-corrected chi connectivity index (χ3v) is 9.47. The SMILES string of the molecule is CN(C)C(=O)C1CC(NC(=O)NC2CCC(C3=NCCN3)CC2)CC(NC(=O)NC2CCC(C3=NCCN3)CC2)C1. The highest BCUT2D eigenvalue weighted by Gasteiger charge is 2.36. The van der Waals surface area contributed by atoms with Gasteiger partial charge in [0.15, 0.2) is 0 Å². The van der Waals surface area contributed by atoms with E-state index in [0.29, 0.717) is 31.1 Å². The first-order valence-electron chi connectivity index (χ1n) is 15.8. The van der Waals surface area contributed by atoms with Gasteiger partial charge in [-0.15, -0.1) is 0 Å². The molecule has 5 aliphatic rings. The highest BCUT2D eigenvalue weighted by atomic mass is 16.2. The first kappa shape index (κ1) is 29.4. The molecule has 0 aromatic heterocycles. The average Bonchev–Trinajstić information content (AvgIpc) is 3.68. The van der Waals surface area contributed by atoms with Crippen molar-refractivity contribution in [2.24, 2.45) is 27.7 Å². The molecule has 6 N–H and O–H groups in total. The monoisotopic (exact) mass is 571 g/mol. The van der Waals surface area contributed by atoms with Crippen LogP contribution in [0.1, 0.15) is 70.6 Å². The number of carbonyl (C=O) groups is 3. The van der Waals surface area contributed by atoms with E-state index in [1.165, 1.54) is 0 Å². The van der Waals surface area contributed by atoms with Gasteiger partial charge >= 0.3 is 12.1 Å². The molecule has 12 nitrogen and oxygen atoms in total. The van der Waals surface area contributed by atoms with E-state index in [-0.39, 0.29) is 48.1 Å². The van der Waals surface area contributed by atoms with E-state index >= 15 is 0 Å². The minimum Gasteiger partial charge on any atom is -0.372 e. The largest absolute Gasteiger partial charge is 0.372 e. The normalized spacial score (nSPS) is 33.4. The van der Waals surface area contributed by atoms with Gasteiger partial charge in [0.1, 0.15) is 0 Å². The van der Waals surface area contributed by atoms with Crippen LogP contribution in [0.2, 0.25) is 0 Å². The molecule has 0 radical (unpaired) electrons. The van der Waals surface area contributed by atoms with E-state index in [9.17, 15) is 14.4 Å². The Balaban J connectivity index is 1.08. The molecule has 3 aliphatic carbocycles. The van der Waals surface area contributed by atoms with Gasteiger partial charge in [0, 0.05) is 69.1 Å². The molecule has 2 heterocycles. The van der Waals surface area contributed by atoms with Gasteiger partial charge in [-0.1, -0.05) is 0 Å². The van der Waals surface area contributed by atoms with Gasteiger partial charge < -0.3 is 36.8 Å². The van der Waals surface area contributed by atoms with Crippen LogP contribution in [-0.4, -0.2) is 99.0 Å². The standard InChI is InChI=1S/C29H49N9O3/c1-38(2)27(39)20-15-23(36-28(40)34-21-7-3-18(4-8-21)25-30-11-12-31-25)17-24(16-20)37-29(41)35-22-9-5-19(6-10-22)26-32-13-14-33-26/h18-24H,3-17H2,1-2H3,(H,30,31)(H,32,33)(H2,34,36,40)(H2,35,37,41). The second-order valence-corrected chi connectivity index (χ2v) is 12.8. The summed E-state index contributed by atoms with van der Waals surface area (Å²) in [5, 5.41) is 19.3. The maximum absolute atomic E-state index is 13.0. The van der Waals surface area contributed by atoms with Crippen molar-refractivity contribution in [2.75, 3.05) is 40.3 Å². The van der Waals surface area contributed by atoms with Gasteiger partial charge in [0.25, 0.3) is 0 Å². The summed E-state index contributed by atoms with van der Waals surface area (Å²) in [5.74, 6) is 3.01. The molecule has 0 aromatic rings. The minimum absolute atomic E-state index is 0.0348.